The minimum Gasteiger partial charge on any atom is -0.395 e. The van der Waals surface area contributed by atoms with E-state index in [0.29, 0.717) is 11.5 Å². The third-order valence-corrected chi connectivity index (χ3v) is 5.73. The molecule has 5 N–H and O–H groups in total. The Bertz CT molecular complexity index is 1150. The van der Waals surface area contributed by atoms with E-state index >= 15 is 0 Å². The van der Waals surface area contributed by atoms with Crippen LogP contribution < -0.4 is 11.5 Å². The molecule has 0 aliphatic rings. The van der Waals surface area contributed by atoms with Crippen LogP contribution in [-0.4, -0.2) is 19.9 Å². The van der Waals surface area contributed by atoms with Crippen LogP contribution in [-0.2, 0) is 0 Å². The normalized spacial score (nSPS) is 10.5. The van der Waals surface area contributed by atoms with E-state index in [1.807, 2.05) is 35.7 Å². The fourth-order valence-corrected chi connectivity index (χ4v) is 4.15. The Hall–Kier alpha value is -3.23. The molecule has 5 rings (SSSR count). The number of nitrogens with two attached hydrogens (primary N) is 2. The van der Waals surface area contributed by atoms with Crippen LogP contribution in [0, 0.1) is 0 Å². The molecule has 8 heteroatoms. The van der Waals surface area contributed by atoms with Gasteiger partial charge in [0, 0.05) is 33.3 Å². The third kappa shape index (κ3) is 3.53. The molecule has 5 aromatic heterocycles. The molecule has 0 atom stereocenters. The second-order valence-electron chi connectivity index (χ2n) is 5.57. The van der Waals surface area contributed by atoms with Crippen LogP contribution in [0.5, 0.6) is 0 Å². The molecule has 0 spiro atoms. The summed E-state index contributed by atoms with van der Waals surface area (Å²) in [6, 6.07) is 12.0. The van der Waals surface area contributed by atoms with Gasteiger partial charge >= 0.3 is 0 Å². The van der Waals surface area contributed by atoms with Crippen molar-refractivity contribution in [1.29, 1.82) is 0 Å². The number of fused-ring (bicyclic) bond motifs is 1. The second kappa shape index (κ2) is 7.56. The molecule has 0 saturated carbocycles. The van der Waals surface area contributed by atoms with E-state index in [1.54, 1.807) is 41.4 Å². The predicted molar refractivity (Wildman–Crippen MR) is 114 cm³/mol. The van der Waals surface area contributed by atoms with E-state index in [2.05, 4.69) is 31.4 Å². The van der Waals surface area contributed by atoms with Crippen molar-refractivity contribution in [2.75, 3.05) is 11.5 Å². The average Bonchev–Trinajstić information content (AvgIpc) is 3.45. The summed E-state index contributed by atoms with van der Waals surface area (Å²) in [6.45, 7) is 0. The standard InChI is InChI=1S/C10H7N3S.C9H9N3S/c1-2-8(14-5-1)7-3-4-11-10-9(7)12-6-13-10;10-8-6(3-4-12-9(8)11)7-2-1-5-13-7/h1-6H,(H,11,12,13);1-5H,10H2,(H2,11,12). The highest BCUT2D eigenvalue weighted by Crippen LogP contribution is 2.31. The Balaban J connectivity index is 0.000000134. The van der Waals surface area contributed by atoms with Gasteiger partial charge in [-0.05, 0) is 35.0 Å². The van der Waals surface area contributed by atoms with Crippen LogP contribution >= 0.6 is 22.7 Å². The van der Waals surface area contributed by atoms with E-state index in [4.69, 9.17) is 11.5 Å². The highest BCUT2D eigenvalue weighted by molar-refractivity contribution is 7.13. The molecular weight excluding hydrogens is 376 g/mol. The Morgan fingerprint density at radius 2 is 1.44 bits per heavy atom. The zero-order chi connectivity index (χ0) is 18.6. The first-order valence-electron chi connectivity index (χ1n) is 8.10. The third-order valence-electron chi connectivity index (χ3n) is 3.92. The summed E-state index contributed by atoms with van der Waals surface area (Å²) in [6.07, 6.45) is 5.13. The van der Waals surface area contributed by atoms with Gasteiger partial charge in [0.2, 0.25) is 0 Å². The fourth-order valence-electron chi connectivity index (χ4n) is 2.62. The number of pyridine rings is 2. The number of aromatic amines is 1. The number of hydrogen-bond donors (Lipinski definition) is 3. The molecular formula is C19H16N6S2. The Labute approximate surface area is 163 Å². The van der Waals surface area contributed by atoms with Crippen LogP contribution in [0.1, 0.15) is 0 Å². The first-order chi connectivity index (χ1) is 13.2. The van der Waals surface area contributed by atoms with Gasteiger partial charge in [-0.15, -0.1) is 22.7 Å². The molecule has 0 radical (unpaired) electrons. The van der Waals surface area contributed by atoms with Crippen molar-refractivity contribution in [3.8, 4) is 20.9 Å². The lowest BCUT2D eigenvalue weighted by Crippen LogP contribution is -1.98. The second-order valence-corrected chi connectivity index (χ2v) is 7.47. The number of imidazole rings is 1. The van der Waals surface area contributed by atoms with Gasteiger partial charge in [-0.2, -0.15) is 0 Å². The molecule has 0 fully saturated rings. The van der Waals surface area contributed by atoms with Gasteiger partial charge in [-0.3, -0.25) is 0 Å². The van der Waals surface area contributed by atoms with Gasteiger partial charge in [0.05, 0.1) is 17.5 Å². The molecule has 0 bridgehead atoms. The maximum Gasteiger partial charge on any atom is 0.178 e. The number of nitrogen functional groups attached to an aromatic ring is 2. The van der Waals surface area contributed by atoms with Crippen LogP contribution in [0.15, 0.2) is 65.9 Å². The zero-order valence-electron chi connectivity index (χ0n) is 14.2. The van der Waals surface area contributed by atoms with Gasteiger partial charge in [0.25, 0.3) is 0 Å². The Morgan fingerprint density at radius 1 is 0.778 bits per heavy atom. The molecule has 27 heavy (non-hydrogen) atoms. The van der Waals surface area contributed by atoms with Crippen molar-refractivity contribution >= 4 is 45.3 Å². The topological polar surface area (TPSA) is 106 Å². The number of aromatic nitrogens is 4. The van der Waals surface area contributed by atoms with Gasteiger partial charge in [0.15, 0.2) is 5.65 Å². The average molecular weight is 393 g/mol. The Morgan fingerprint density at radius 3 is 2.15 bits per heavy atom. The number of thiophene rings is 2. The largest absolute Gasteiger partial charge is 0.395 e. The molecule has 134 valence electrons. The molecule has 0 saturated heterocycles. The van der Waals surface area contributed by atoms with Crippen LogP contribution in [0.25, 0.3) is 32.0 Å². The first kappa shape index (κ1) is 17.2. The predicted octanol–water partition coefficient (Wildman–Crippen LogP) is 4.66. The lowest BCUT2D eigenvalue weighted by atomic mass is 10.2. The molecule has 5 aromatic rings. The fraction of sp³-hybridized carbons (Fsp3) is 0. The minimum absolute atomic E-state index is 0.394. The smallest absolute Gasteiger partial charge is 0.178 e. The quantitative estimate of drug-likeness (QED) is 0.405. The minimum atomic E-state index is 0.394. The molecule has 0 amide bonds. The molecule has 0 aromatic carbocycles. The Kier molecular flexibility index (Phi) is 4.82. The molecule has 5 heterocycles. The van der Waals surface area contributed by atoms with Gasteiger partial charge < -0.3 is 16.5 Å². The van der Waals surface area contributed by atoms with Crippen LogP contribution in [0.4, 0.5) is 11.5 Å². The van der Waals surface area contributed by atoms with E-state index in [-0.39, 0.29) is 0 Å². The molecule has 6 nitrogen and oxygen atoms in total. The SMILES string of the molecule is Nc1nccc(-c2cccs2)c1N.c1csc(-c2ccnc3nc[nH]c23)c1. The number of hydrogen-bond acceptors (Lipinski definition) is 7. The lowest BCUT2D eigenvalue weighted by molar-refractivity contribution is 1.30. The molecule has 0 aliphatic heterocycles. The summed E-state index contributed by atoms with van der Waals surface area (Å²) in [4.78, 5) is 17.7. The molecule has 0 unspecified atom stereocenters. The number of nitrogens with one attached hydrogen (secondary N) is 1. The maximum absolute atomic E-state index is 5.79. The van der Waals surface area contributed by atoms with Gasteiger partial charge in [-0.25, -0.2) is 15.0 Å². The van der Waals surface area contributed by atoms with Crippen molar-refractivity contribution in [3.63, 3.8) is 0 Å². The summed E-state index contributed by atoms with van der Waals surface area (Å²) in [5.74, 6) is 0.394. The first-order valence-corrected chi connectivity index (χ1v) is 9.86. The highest BCUT2D eigenvalue weighted by atomic mass is 32.1. The van der Waals surface area contributed by atoms with E-state index in [9.17, 15) is 0 Å². The molecule has 0 aliphatic carbocycles. The lowest BCUT2D eigenvalue weighted by Gasteiger charge is -2.03. The number of rotatable bonds is 2. The number of H-pyrrole nitrogens is 1. The van der Waals surface area contributed by atoms with Crippen molar-refractivity contribution < 1.29 is 0 Å². The van der Waals surface area contributed by atoms with Gasteiger partial charge in [0.1, 0.15) is 5.82 Å². The van der Waals surface area contributed by atoms with E-state index < -0.39 is 0 Å². The summed E-state index contributed by atoms with van der Waals surface area (Å²) >= 11 is 3.35. The van der Waals surface area contributed by atoms with Crippen LogP contribution in [0.3, 0.4) is 0 Å². The van der Waals surface area contributed by atoms with Crippen molar-refractivity contribution in [3.05, 3.63) is 65.9 Å². The number of anilines is 2. The summed E-state index contributed by atoms with van der Waals surface area (Å²) in [5.41, 5.74) is 15.9. The van der Waals surface area contributed by atoms with E-state index in [1.165, 1.54) is 10.4 Å². The van der Waals surface area contributed by atoms with Crippen molar-refractivity contribution in [2.24, 2.45) is 0 Å². The van der Waals surface area contributed by atoms with Crippen molar-refractivity contribution in [1.82, 2.24) is 19.9 Å². The summed E-state index contributed by atoms with van der Waals surface area (Å²) in [5, 5.41) is 4.07. The van der Waals surface area contributed by atoms with Gasteiger partial charge in [-0.1, -0.05) is 12.1 Å². The zero-order valence-corrected chi connectivity index (χ0v) is 15.8. The number of nitrogens with zero attached hydrogens (tertiary/aromatic N) is 3. The highest BCUT2D eigenvalue weighted by Gasteiger charge is 2.07. The summed E-state index contributed by atoms with van der Waals surface area (Å²) in [7, 11) is 0. The monoisotopic (exact) mass is 392 g/mol. The van der Waals surface area contributed by atoms with Crippen molar-refractivity contribution in [2.45, 2.75) is 0 Å². The van der Waals surface area contributed by atoms with Crippen LogP contribution in [0.2, 0.25) is 0 Å². The van der Waals surface area contributed by atoms with E-state index in [0.717, 1.165) is 21.6 Å². The summed E-state index contributed by atoms with van der Waals surface area (Å²) < 4.78 is 0. The maximum atomic E-state index is 5.79.